The predicted molar refractivity (Wildman–Crippen MR) is 148 cm³/mol. The number of aryl methyl sites for hydroxylation is 1. The summed E-state index contributed by atoms with van der Waals surface area (Å²) in [6, 6.07) is 7.97. The van der Waals surface area contributed by atoms with Crippen molar-refractivity contribution >= 4 is 17.6 Å². The third-order valence-electron chi connectivity index (χ3n) is 7.04. The fraction of sp³-hybridized carbons (Fsp3) is 0.276. The molecule has 12 heteroatoms. The Labute approximate surface area is 236 Å². The Kier molecular flexibility index (Phi) is 7.11. The number of rotatable bonds is 7. The van der Waals surface area contributed by atoms with Crippen LogP contribution in [0.4, 0.5) is 5.82 Å². The molecule has 3 aromatic rings. The lowest BCUT2D eigenvalue weighted by molar-refractivity contribution is -0.125. The summed E-state index contributed by atoms with van der Waals surface area (Å²) < 4.78 is 18.1. The molecule has 1 unspecified atom stereocenters. The highest BCUT2D eigenvalue weighted by atomic mass is 16.5. The molecular formula is C29H29N7O5. The number of anilines is 1. The van der Waals surface area contributed by atoms with E-state index in [1.165, 1.54) is 0 Å². The third kappa shape index (κ3) is 5.49. The van der Waals surface area contributed by atoms with Gasteiger partial charge in [-0.2, -0.15) is 4.98 Å². The summed E-state index contributed by atoms with van der Waals surface area (Å²) in [5, 5.41) is 2.98. The van der Waals surface area contributed by atoms with Gasteiger partial charge in [0.05, 0.1) is 13.4 Å². The van der Waals surface area contributed by atoms with Crippen molar-refractivity contribution in [3.05, 3.63) is 95.8 Å². The Morgan fingerprint density at radius 1 is 1.15 bits per heavy atom. The van der Waals surface area contributed by atoms with Gasteiger partial charge in [-0.3, -0.25) is 14.2 Å². The monoisotopic (exact) mass is 555 g/mol. The van der Waals surface area contributed by atoms with Crippen molar-refractivity contribution in [3.63, 3.8) is 0 Å². The van der Waals surface area contributed by atoms with Gasteiger partial charge in [0.2, 0.25) is 11.9 Å². The Hall–Kier alpha value is -5.13. The second-order valence-electron chi connectivity index (χ2n) is 9.74. The standard InChI is InChI=1S/C29H29N7O5/c1-19-13-26(33-29(32-19)35-9-8-30-18-35)34-10-11-36(28(38)21-3-5-22(39-2)6-4-21)23(16-34)27(37)31-15-20-14-25-24(41-17-20)7-12-40-25/h3-9,13-14,17-18,23H,10-12,15-16H2,1-2H3,(H,31,37). The third-order valence-corrected chi connectivity index (χ3v) is 7.04. The normalized spacial score (nSPS) is 17.9. The molecule has 2 amide bonds. The first-order valence-electron chi connectivity index (χ1n) is 13.2. The predicted octanol–water partition coefficient (Wildman–Crippen LogP) is 2.14. The molecule has 12 nitrogen and oxygen atoms in total. The van der Waals surface area contributed by atoms with E-state index < -0.39 is 6.04 Å². The summed E-state index contributed by atoms with van der Waals surface area (Å²) in [4.78, 5) is 44.3. The molecule has 0 saturated carbocycles. The topological polar surface area (TPSA) is 124 Å². The van der Waals surface area contributed by atoms with Crippen LogP contribution in [0, 0.1) is 6.92 Å². The number of carbonyl (C=O) groups is 2. The maximum absolute atomic E-state index is 13.7. The van der Waals surface area contributed by atoms with Crippen LogP contribution in [0.5, 0.6) is 5.75 Å². The van der Waals surface area contributed by atoms with Crippen LogP contribution in [0.3, 0.4) is 0 Å². The molecule has 1 N–H and O–H groups in total. The van der Waals surface area contributed by atoms with E-state index in [1.807, 2.05) is 30.0 Å². The largest absolute Gasteiger partial charge is 0.497 e. The lowest BCUT2D eigenvalue weighted by atomic mass is 10.1. The zero-order chi connectivity index (χ0) is 28.3. The van der Waals surface area contributed by atoms with E-state index in [4.69, 9.17) is 19.2 Å². The highest BCUT2D eigenvalue weighted by Crippen LogP contribution is 2.26. The molecule has 0 radical (unpaired) electrons. The number of imidazole rings is 1. The molecule has 210 valence electrons. The van der Waals surface area contributed by atoms with Crippen molar-refractivity contribution in [2.75, 3.05) is 44.8 Å². The summed E-state index contributed by atoms with van der Waals surface area (Å²) in [7, 11) is 1.57. The van der Waals surface area contributed by atoms with E-state index in [-0.39, 0.29) is 24.9 Å². The number of carbonyl (C=O) groups excluding carboxylic acids is 2. The van der Waals surface area contributed by atoms with E-state index in [0.29, 0.717) is 54.3 Å². The molecular weight excluding hydrogens is 526 g/mol. The van der Waals surface area contributed by atoms with E-state index in [2.05, 4.69) is 15.3 Å². The van der Waals surface area contributed by atoms with Gasteiger partial charge in [0.1, 0.15) is 30.5 Å². The molecule has 1 aromatic carbocycles. The molecule has 0 aliphatic carbocycles. The van der Waals surface area contributed by atoms with Gasteiger partial charge < -0.3 is 29.3 Å². The number of fused-ring (bicyclic) bond motifs is 1. The smallest absolute Gasteiger partial charge is 0.254 e. The van der Waals surface area contributed by atoms with Gasteiger partial charge >= 0.3 is 0 Å². The molecule has 2 aromatic heterocycles. The number of ether oxygens (including phenoxy) is 3. The molecule has 1 fully saturated rings. The number of methoxy groups -OCH3 is 1. The maximum atomic E-state index is 13.7. The first-order chi connectivity index (χ1) is 20.0. The number of hydrogen-bond acceptors (Lipinski definition) is 9. The quantitative estimate of drug-likeness (QED) is 0.467. The van der Waals surface area contributed by atoms with E-state index in [9.17, 15) is 9.59 Å². The first-order valence-corrected chi connectivity index (χ1v) is 13.2. The second kappa shape index (κ2) is 11.2. The minimum atomic E-state index is -0.777. The lowest BCUT2D eigenvalue weighted by Gasteiger charge is -2.41. The van der Waals surface area contributed by atoms with Crippen LogP contribution < -0.4 is 15.0 Å². The molecule has 6 rings (SSSR count). The summed E-state index contributed by atoms with van der Waals surface area (Å²) in [5.41, 5.74) is 2.00. The van der Waals surface area contributed by atoms with Crippen LogP contribution in [0.2, 0.25) is 0 Å². The number of hydrogen-bond donors (Lipinski definition) is 1. The molecule has 1 saturated heterocycles. The molecule has 0 bridgehead atoms. The zero-order valence-electron chi connectivity index (χ0n) is 22.7. The van der Waals surface area contributed by atoms with Gasteiger partial charge in [-0.15, -0.1) is 0 Å². The minimum Gasteiger partial charge on any atom is -0.497 e. The van der Waals surface area contributed by atoms with E-state index in [0.717, 1.165) is 11.3 Å². The van der Waals surface area contributed by atoms with Crippen LogP contribution in [0.1, 0.15) is 16.1 Å². The molecule has 41 heavy (non-hydrogen) atoms. The van der Waals surface area contributed by atoms with Crippen molar-refractivity contribution in [2.24, 2.45) is 0 Å². The highest BCUT2D eigenvalue weighted by Gasteiger charge is 2.36. The average molecular weight is 556 g/mol. The van der Waals surface area contributed by atoms with Crippen molar-refractivity contribution in [1.82, 2.24) is 29.7 Å². The number of nitrogens with one attached hydrogen (secondary N) is 1. The molecule has 0 spiro atoms. The van der Waals surface area contributed by atoms with Gasteiger partial charge in [-0.1, -0.05) is 0 Å². The fourth-order valence-corrected chi connectivity index (χ4v) is 4.89. The van der Waals surface area contributed by atoms with Gasteiger partial charge in [-0.25, -0.2) is 9.97 Å². The van der Waals surface area contributed by atoms with Gasteiger partial charge in [-0.05, 0) is 43.3 Å². The van der Waals surface area contributed by atoms with Crippen molar-refractivity contribution < 1.29 is 23.8 Å². The summed E-state index contributed by atoms with van der Waals surface area (Å²) in [6.07, 6.45) is 10.4. The Morgan fingerprint density at radius 3 is 2.78 bits per heavy atom. The Bertz CT molecular complexity index is 1550. The van der Waals surface area contributed by atoms with Gasteiger partial charge in [0, 0.05) is 61.5 Å². The van der Waals surface area contributed by atoms with Crippen LogP contribution in [0.25, 0.3) is 5.95 Å². The molecule has 1 atom stereocenters. The number of nitrogens with zero attached hydrogens (tertiary/aromatic N) is 6. The van der Waals surface area contributed by atoms with Crippen LogP contribution in [0.15, 0.2) is 84.6 Å². The van der Waals surface area contributed by atoms with Crippen LogP contribution in [-0.2, 0) is 14.3 Å². The number of amides is 2. The van der Waals surface area contributed by atoms with Gasteiger partial charge in [0.25, 0.3) is 5.91 Å². The fourth-order valence-electron chi connectivity index (χ4n) is 4.89. The number of aromatic nitrogens is 4. The second-order valence-corrected chi connectivity index (χ2v) is 9.74. The van der Waals surface area contributed by atoms with Crippen molar-refractivity contribution in [1.29, 1.82) is 0 Å². The van der Waals surface area contributed by atoms with E-state index >= 15 is 0 Å². The zero-order valence-corrected chi connectivity index (χ0v) is 22.7. The summed E-state index contributed by atoms with van der Waals surface area (Å²) in [6.45, 7) is 3.63. The highest BCUT2D eigenvalue weighted by molar-refractivity contribution is 5.98. The SMILES string of the molecule is COc1ccc(C(=O)N2CCN(c3cc(C)nc(-n4ccnc4)n3)CC2C(=O)NCC2=COC3=CCOC3=C2)cc1. The van der Waals surface area contributed by atoms with Gasteiger partial charge in [0.15, 0.2) is 11.5 Å². The summed E-state index contributed by atoms with van der Waals surface area (Å²) in [5.74, 6) is 2.59. The number of piperazine rings is 1. The van der Waals surface area contributed by atoms with E-state index in [1.54, 1.807) is 65.8 Å². The van der Waals surface area contributed by atoms with Crippen molar-refractivity contribution in [3.8, 4) is 11.7 Å². The molecule has 3 aliphatic rings. The summed E-state index contributed by atoms with van der Waals surface area (Å²) >= 11 is 0. The van der Waals surface area contributed by atoms with Crippen LogP contribution >= 0.6 is 0 Å². The maximum Gasteiger partial charge on any atom is 0.254 e. The Morgan fingerprint density at radius 2 is 2.00 bits per heavy atom. The Balaban J connectivity index is 1.24. The molecule has 5 heterocycles. The minimum absolute atomic E-state index is 0.220. The first kappa shape index (κ1) is 26.1. The lowest BCUT2D eigenvalue weighted by Crippen LogP contribution is -2.61. The molecule has 3 aliphatic heterocycles. The number of benzene rings is 1. The van der Waals surface area contributed by atoms with Crippen LogP contribution in [-0.4, -0.2) is 82.2 Å². The van der Waals surface area contributed by atoms with Crippen molar-refractivity contribution in [2.45, 2.75) is 13.0 Å². The average Bonchev–Trinajstić information content (AvgIpc) is 3.71.